The second kappa shape index (κ2) is 5.20. The molecule has 0 saturated carbocycles. The van der Waals surface area contributed by atoms with Gasteiger partial charge in [0.05, 0.1) is 0 Å². The van der Waals surface area contributed by atoms with Gasteiger partial charge in [-0.1, -0.05) is 32.0 Å². The first kappa shape index (κ1) is 11.3. The lowest BCUT2D eigenvalue weighted by Crippen LogP contribution is -2.00. The Hall–Kier alpha value is -0.770. The number of rotatable bonds is 4. The molecule has 0 aliphatic carbocycles. The molecule has 78 valence electrons. The summed E-state index contributed by atoms with van der Waals surface area (Å²) in [6, 6.07) is 1.79. The van der Waals surface area contributed by atoms with Gasteiger partial charge in [-0.25, -0.2) is 9.97 Å². The van der Waals surface area contributed by atoms with Gasteiger partial charge in [0, 0.05) is 17.5 Å². The second-order valence-electron chi connectivity index (χ2n) is 3.54. The minimum Gasteiger partial charge on any atom is -0.384 e. The maximum absolute atomic E-state index is 5.63. The fourth-order valence-corrected chi connectivity index (χ4v) is 2.01. The van der Waals surface area contributed by atoms with Crippen LogP contribution in [0.1, 0.15) is 26.0 Å². The maximum atomic E-state index is 5.63. The van der Waals surface area contributed by atoms with Crippen molar-refractivity contribution in [3.05, 3.63) is 11.8 Å². The molecule has 2 N–H and O–H groups in total. The summed E-state index contributed by atoms with van der Waals surface area (Å²) < 4.78 is 0. The Balaban J connectivity index is 2.58. The number of aromatic nitrogens is 2. The smallest absolute Gasteiger partial charge is 0.189 e. The molecule has 0 aliphatic heterocycles. The quantitative estimate of drug-likeness (QED) is 0.614. The highest BCUT2D eigenvalue weighted by molar-refractivity contribution is 7.99. The van der Waals surface area contributed by atoms with Gasteiger partial charge in [0.15, 0.2) is 5.16 Å². The maximum Gasteiger partial charge on any atom is 0.189 e. The van der Waals surface area contributed by atoms with Crippen LogP contribution in [0.4, 0.5) is 5.82 Å². The summed E-state index contributed by atoms with van der Waals surface area (Å²) >= 11 is 1.68. The number of hydrogen-bond acceptors (Lipinski definition) is 4. The van der Waals surface area contributed by atoms with E-state index in [2.05, 4.69) is 23.8 Å². The van der Waals surface area contributed by atoms with Crippen LogP contribution in [0.2, 0.25) is 0 Å². The zero-order valence-electron chi connectivity index (χ0n) is 8.95. The van der Waals surface area contributed by atoms with E-state index in [9.17, 15) is 0 Å². The molecule has 1 rings (SSSR count). The molecule has 1 heterocycles. The molecule has 4 heteroatoms. The van der Waals surface area contributed by atoms with E-state index in [-0.39, 0.29) is 0 Å². The molecule has 0 aromatic carbocycles. The molecule has 0 amide bonds. The normalized spacial score (nSPS) is 12.8. The molecular weight excluding hydrogens is 194 g/mol. The number of hydrogen-bond donors (Lipinski definition) is 1. The van der Waals surface area contributed by atoms with Gasteiger partial charge in [-0.2, -0.15) is 0 Å². The second-order valence-corrected chi connectivity index (χ2v) is 4.53. The highest BCUT2D eigenvalue weighted by Gasteiger charge is 2.04. The van der Waals surface area contributed by atoms with Crippen LogP contribution >= 0.6 is 11.8 Å². The summed E-state index contributed by atoms with van der Waals surface area (Å²) in [6.07, 6.45) is 1.19. The molecule has 1 unspecified atom stereocenters. The average Bonchev–Trinajstić information content (AvgIpc) is 2.12. The molecule has 0 bridgehead atoms. The van der Waals surface area contributed by atoms with Crippen LogP contribution in [0.5, 0.6) is 0 Å². The lowest BCUT2D eigenvalue weighted by atomic mass is 10.2. The van der Waals surface area contributed by atoms with E-state index in [0.29, 0.717) is 11.7 Å². The molecule has 0 spiro atoms. The van der Waals surface area contributed by atoms with Crippen molar-refractivity contribution in [2.45, 2.75) is 32.3 Å². The van der Waals surface area contributed by atoms with Crippen LogP contribution in [0.3, 0.4) is 0 Å². The third kappa shape index (κ3) is 3.54. The Morgan fingerprint density at radius 1 is 1.50 bits per heavy atom. The van der Waals surface area contributed by atoms with Gasteiger partial charge in [0.1, 0.15) is 5.82 Å². The summed E-state index contributed by atoms with van der Waals surface area (Å²) in [6.45, 7) is 6.36. The Morgan fingerprint density at radius 3 is 2.79 bits per heavy atom. The molecule has 1 aromatic rings. The predicted molar refractivity (Wildman–Crippen MR) is 61.4 cm³/mol. The summed E-state index contributed by atoms with van der Waals surface area (Å²) in [4.78, 5) is 8.48. The summed E-state index contributed by atoms with van der Waals surface area (Å²) in [5.41, 5.74) is 6.57. The Labute approximate surface area is 89.5 Å². The monoisotopic (exact) mass is 211 g/mol. The first-order chi connectivity index (χ1) is 6.61. The number of nitrogens with two attached hydrogens (primary N) is 1. The zero-order chi connectivity index (χ0) is 10.6. The van der Waals surface area contributed by atoms with Crippen LogP contribution in [0.25, 0.3) is 0 Å². The Kier molecular flexibility index (Phi) is 4.20. The first-order valence-electron chi connectivity index (χ1n) is 4.85. The van der Waals surface area contributed by atoms with E-state index in [0.717, 1.165) is 16.6 Å². The molecule has 1 atom stereocenters. The zero-order valence-corrected chi connectivity index (χ0v) is 9.77. The Morgan fingerprint density at radius 2 is 2.21 bits per heavy atom. The molecule has 0 fully saturated rings. The number of nitrogen functional groups attached to an aromatic ring is 1. The number of anilines is 1. The van der Waals surface area contributed by atoms with E-state index in [1.807, 2.05) is 6.92 Å². The number of nitrogens with zero attached hydrogens (tertiary/aromatic N) is 2. The van der Waals surface area contributed by atoms with Crippen molar-refractivity contribution < 1.29 is 0 Å². The average molecular weight is 211 g/mol. The van der Waals surface area contributed by atoms with Gasteiger partial charge >= 0.3 is 0 Å². The minimum atomic E-state index is 0.559. The van der Waals surface area contributed by atoms with E-state index in [1.54, 1.807) is 17.8 Å². The van der Waals surface area contributed by atoms with Crippen LogP contribution in [0, 0.1) is 12.8 Å². The molecule has 1 aromatic heterocycles. The third-order valence-corrected chi connectivity index (χ3v) is 3.22. The molecule has 0 radical (unpaired) electrons. The molecule has 0 saturated heterocycles. The number of aryl methyl sites for hydroxylation is 1. The van der Waals surface area contributed by atoms with E-state index in [1.165, 1.54) is 6.42 Å². The standard InChI is InChI=1S/C10H17N3S/c1-4-7(2)6-14-10-12-8(3)5-9(11)13-10/h5,7H,4,6H2,1-3H3,(H2,11,12,13). The third-order valence-electron chi connectivity index (χ3n) is 2.05. The van der Waals surface area contributed by atoms with Crippen molar-refractivity contribution in [2.75, 3.05) is 11.5 Å². The topological polar surface area (TPSA) is 51.8 Å². The largest absolute Gasteiger partial charge is 0.384 e. The summed E-state index contributed by atoms with van der Waals surface area (Å²) in [5, 5.41) is 0.794. The summed E-state index contributed by atoms with van der Waals surface area (Å²) in [5.74, 6) is 2.31. The van der Waals surface area contributed by atoms with E-state index in [4.69, 9.17) is 5.73 Å². The van der Waals surface area contributed by atoms with E-state index >= 15 is 0 Å². The molecule has 14 heavy (non-hydrogen) atoms. The summed E-state index contributed by atoms with van der Waals surface area (Å²) in [7, 11) is 0. The predicted octanol–water partition coefficient (Wildman–Crippen LogP) is 2.51. The lowest BCUT2D eigenvalue weighted by Gasteiger charge is -2.07. The fraction of sp³-hybridized carbons (Fsp3) is 0.600. The van der Waals surface area contributed by atoms with Crippen molar-refractivity contribution in [2.24, 2.45) is 5.92 Å². The van der Waals surface area contributed by atoms with Crippen LogP contribution in [-0.2, 0) is 0 Å². The van der Waals surface area contributed by atoms with Gasteiger partial charge in [0.25, 0.3) is 0 Å². The van der Waals surface area contributed by atoms with Crippen LogP contribution < -0.4 is 5.73 Å². The Bertz CT molecular complexity index is 281. The van der Waals surface area contributed by atoms with Gasteiger partial charge in [0.2, 0.25) is 0 Å². The fourth-order valence-electron chi connectivity index (χ4n) is 0.964. The van der Waals surface area contributed by atoms with Crippen LogP contribution in [0.15, 0.2) is 11.2 Å². The van der Waals surface area contributed by atoms with Crippen molar-refractivity contribution in [1.29, 1.82) is 0 Å². The van der Waals surface area contributed by atoms with Gasteiger partial charge in [-0.15, -0.1) is 0 Å². The van der Waals surface area contributed by atoms with Crippen molar-refractivity contribution in [1.82, 2.24) is 9.97 Å². The molecule has 0 aliphatic rings. The highest BCUT2D eigenvalue weighted by atomic mass is 32.2. The van der Waals surface area contributed by atoms with Crippen LogP contribution in [-0.4, -0.2) is 15.7 Å². The van der Waals surface area contributed by atoms with Gasteiger partial charge in [-0.3, -0.25) is 0 Å². The molecular formula is C10H17N3S. The van der Waals surface area contributed by atoms with Crippen molar-refractivity contribution in [3.63, 3.8) is 0 Å². The first-order valence-corrected chi connectivity index (χ1v) is 5.84. The van der Waals surface area contributed by atoms with Gasteiger partial charge in [-0.05, 0) is 12.8 Å². The number of thioether (sulfide) groups is 1. The van der Waals surface area contributed by atoms with Crippen molar-refractivity contribution in [3.8, 4) is 0 Å². The minimum absolute atomic E-state index is 0.559. The van der Waals surface area contributed by atoms with E-state index < -0.39 is 0 Å². The highest BCUT2D eigenvalue weighted by Crippen LogP contribution is 2.19. The SMILES string of the molecule is CCC(C)CSc1nc(C)cc(N)n1. The molecule has 3 nitrogen and oxygen atoms in total. The van der Waals surface area contributed by atoms with Gasteiger partial charge < -0.3 is 5.73 Å². The lowest BCUT2D eigenvalue weighted by molar-refractivity contribution is 0.636. The van der Waals surface area contributed by atoms with Crippen molar-refractivity contribution >= 4 is 17.6 Å².